The molecule has 0 saturated carbocycles. The second-order valence-electron chi connectivity index (χ2n) is 7.48. The van der Waals surface area contributed by atoms with E-state index in [9.17, 15) is 14.6 Å². The quantitative estimate of drug-likeness (QED) is 0.768. The number of fused-ring (bicyclic) bond motifs is 4. The van der Waals surface area contributed by atoms with Gasteiger partial charge in [-0.25, -0.2) is 4.39 Å². The lowest BCUT2D eigenvalue weighted by Gasteiger charge is -2.40. The van der Waals surface area contributed by atoms with Gasteiger partial charge in [-0.15, -0.1) is 0 Å². The van der Waals surface area contributed by atoms with Crippen molar-refractivity contribution < 1.29 is 14.6 Å². The average Bonchev–Trinajstić information content (AvgIpc) is 2.89. The first-order chi connectivity index (χ1) is 10.5. The Bertz CT molecular complexity index is 664. The maximum absolute atomic E-state index is 14.2. The van der Waals surface area contributed by atoms with Crippen molar-refractivity contribution in [2.24, 2.45) is 11.3 Å². The van der Waals surface area contributed by atoms with Crippen LogP contribution in [0.5, 0.6) is 5.75 Å². The van der Waals surface area contributed by atoms with E-state index in [1.807, 2.05) is 6.07 Å². The first-order valence-corrected chi connectivity index (χ1v) is 8.38. The third-order valence-corrected chi connectivity index (χ3v) is 6.41. The molecule has 118 valence electrons. The Morgan fingerprint density at radius 2 is 1.95 bits per heavy atom. The molecule has 0 saturated heterocycles. The van der Waals surface area contributed by atoms with Crippen LogP contribution in [0.15, 0.2) is 23.3 Å². The van der Waals surface area contributed by atoms with Gasteiger partial charge < -0.3 is 10.2 Å². The van der Waals surface area contributed by atoms with Crippen LogP contribution in [0.4, 0.5) is 4.39 Å². The van der Waals surface area contributed by atoms with Gasteiger partial charge in [0.15, 0.2) is 11.6 Å². The number of hydrogen-bond acceptors (Lipinski definition) is 2. The summed E-state index contributed by atoms with van der Waals surface area (Å²) in [5.74, 6) is 0.260. The van der Waals surface area contributed by atoms with E-state index in [0.29, 0.717) is 18.3 Å². The maximum Gasteiger partial charge on any atom is 0.168 e. The number of benzene rings is 1. The molecule has 0 spiro atoms. The lowest BCUT2D eigenvalue weighted by Crippen LogP contribution is -2.29. The fourth-order valence-electron chi connectivity index (χ4n) is 5.16. The highest BCUT2D eigenvalue weighted by molar-refractivity contribution is 5.45. The van der Waals surface area contributed by atoms with Gasteiger partial charge in [-0.2, -0.15) is 0 Å². The van der Waals surface area contributed by atoms with Gasteiger partial charge in [-0.05, 0) is 67.6 Å². The smallest absolute Gasteiger partial charge is 0.168 e. The molecular weight excluding hydrogens is 279 g/mol. The highest BCUT2D eigenvalue weighted by Gasteiger charge is 2.45. The van der Waals surface area contributed by atoms with Crippen molar-refractivity contribution in [3.05, 3.63) is 40.2 Å². The Balaban J connectivity index is 1.76. The number of phenols is 1. The number of hydrogen-bond donors (Lipinski definition) is 2. The minimum Gasteiger partial charge on any atom is -0.505 e. The zero-order chi connectivity index (χ0) is 15.5. The van der Waals surface area contributed by atoms with Gasteiger partial charge in [0.25, 0.3) is 0 Å². The third kappa shape index (κ3) is 1.81. The van der Waals surface area contributed by atoms with Crippen LogP contribution in [0, 0.1) is 17.2 Å². The van der Waals surface area contributed by atoms with E-state index in [1.165, 1.54) is 11.6 Å². The second-order valence-corrected chi connectivity index (χ2v) is 7.48. The molecule has 2 N–H and O–H groups in total. The molecular formula is C19H23FO2. The van der Waals surface area contributed by atoms with Gasteiger partial charge >= 0.3 is 0 Å². The lowest BCUT2D eigenvalue weighted by molar-refractivity contribution is 0.169. The molecule has 0 radical (unpaired) electrons. The van der Waals surface area contributed by atoms with Gasteiger partial charge in [-0.3, -0.25) is 0 Å². The fourth-order valence-corrected chi connectivity index (χ4v) is 5.16. The van der Waals surface area contributed by atoms with Crippen LogP contribution in [0.25, 0.3) is 0 Å². The molecule has 3 aliphatic carbocycles. The topological polar surface area (TPSA) is 40.5 Å². The monoisotopic (exact) mass is 302 g/mol. The summed E-state index contributed by atoms with van der Waals surface area (Å²) >= 11 is 0. The van der Waals surface area contributed by atoms with Crippen molar-refractivity contribution in [1.29, 1.82) is 0 Å². The Labute approximate surface area is 130 Å². The van der Waals surface area contributed by atoms with Gasteiger partial charge in [-0.1, -0.05) is 24.1 Å². The van der Waals surface area contributed by atoms with Crippen molar-refractivity contribution in [3.63, 3.8) is 0 Å². The molecule has 3 aliphatic rings. The van der Waals surface area contributed by atoms with Gasteiger partial charge in [0.05, 0.1) is 6.61 Å². The number of aromatic hydroxyl groups is 1. The van der Waals surface area contributed by atoms with Crippen LogP contribution in [0.1, 0.15) is 56.1 Å². The van der Waals surface area contributed by atoms with Crippen LogP contribution >= 0.6 is 0 Å². The number of halogens is 1. The lowest BCUT2D eigenvalue weighted by atomic mass is 9.64. The number of phenolic OH excluding ortho intramolecular Hbond substituents is 1. The molecule has 0 aliphatic heterocycles. The average molecular weight is 302 g/mol. The van der Waals surface area contributed by atoms with E-state index in [2.05, 4.69) is 6.92 Å². The summed E-state index contributed by atoms with van der Waals surface area (Å²) in [6.45, 7) is 2.42. The molecule has 0 amide bonds. The van der Waals surface area contributed by atoms with Crippen LogP contribution in [0.3, 0.4) is 0 Å². The van der Waals surface area contributed by atoms with E-state index >= 15 is 0 Å². The number of rotatable bonds is 1. The van der Waals surface area contributed by atoms with Crippen molar-refractivity contribution in [1.82, 2.24) is 0 Å². The SMILES string of the molecule is C[C@@]1(CO)CCC2=C1CC[C@@H]1c3ccc(O)c(F)c3CC[C@@H]21. The van der Waals surface area contributed by atoms with Crippen LogP contribution in [-0.2, 0) is 6.42 Å². The minimum atomic E-state index is -0.414. The first kappa shape index (κ1) is 14.3. The zero-order valence-electron chi connectivity index (χ0n) is 13.0. The molecule has 2 nitrogen and oxygen atoms in total. The highest BCUT2D eigenvalue weighted by Crippen LogP contribution is 2.57. The summed E-state index contributed by atoms with van der Waals surface area (Å²) < 4.78 is 14.2. The van der Waals surface area contributed by atoms with E-state index in [0.717, 1.165) is 43.2 Å². The number of aliphatic hydroxyl groups is 1. The molecule has 1 aromatic rings. The first-order valence-electron chi connectivity index (χ1n) is 8.38. The summed E-state index contributed by atoms with van der Waals surface area (Å²) in [5, 5.41) is 19.4. The molecule has 0 bridgehead atoms. The maximum atomic E-state index is 14.2. The second kappa shape index (κ2) is 4.82. The standard InChI is InChI=1S/C19H23FO2/c1-19(10-21)9-8-14-12-2-3-15-13(5-7-17(22)18(15)20)11(12)4-6-16(14)19/h5,7,11-12,21-22H,2-4,6,8-10H2,1H3/t11-,12+,19-/m0/s1. The zero-order valence-corrected chi connectivity index (χ0v) is 13.0. The fraction of sp³-hybridized carbons (Fsp3) is 0.579. The van der Waals surface area contributed by atoms with Gasteiger partial charge in [0.2, 0.25) is 0 Å². The molecule has 22 heavy (non-hydrogen) atoms. The Morgan fingerprint density at radius 3 is 2.73 bits per heavy atom. The van der Waals surface area contributed by atoms with Crippen molar-refractivity contribution in [2.45, 2.75) is 51.4 Å². The molecule has 0 heterocycles. The number of aliphatic hydroxyl groups excluding tert-OH is 1. The van der Waals surface area contributed by atoms with E-state index in [4.69, 9.17) is 0 Å². The van der Waals surface area contributed by atoms with Crippen molar-refractivity contribution in [2.75, 3.05) is 6.61 Å². The largest absolute Gasteiger partial charge is 0.505 e. The normalized spacial score (nSPS) is 33.4. The van der Waals surface area contributed by atoms with E-state index < -0.39 is 5.82 Å². The third-order valence-electron chi connectivity index (χ3n) is 6.41. The predicted molar refractivity (Wildman–Crippen MR) is 83.3 cm³/mol. The molecule has 0 aromatic heterocycles. The van der Waals surface area contributed by atoms with Crippen molar-refractivity contribution in [3.8, 4) is 5.75 Å². The van der Waals surface area contributed by atoms with E-state index in [-0.39, 0.29) is 17.8 Å². The molecule has 0 fully saturated rings. The van der Waals surface area contributed by atoms with Crippen molar-refractivity contribution >= 4 is 0 Å². The van der Waals surface area contributed by atoms with E-state index in [1.54, 1.807) is 5.57 Å². The summed E-state index contributed by atoms with van der Waals surface area (Å²) in [5.41, 5.74) is 4.84. The van der Waals surface area contributed by atoms with Gasteiger partial charge in [0, 0.05) is 5.41 Å². The Kier molecular flexibility index (Phi) is 3.12. The van der Waals surface area contributed by atoms with Gasteiger partial charge in [0.1, 0.15) is 0 Å². The van der Waals surface area contributed by atoms with Crippen LogP contribution in [0.2, 0.25) is 0 Å². The molecule has 1 aromatic carbocycles. The Hall–Kier alpha value is -1.35. The summed E-state index contributed by atoms with van der Waals surface area (Å²) in [7, 11) is 0. The predicted octanol–water partition coefficient (Wildman–Crippen LogP) is 4.06. The summed E-state index contributed by atoms with van der Waals surface area (Å²) in [6.07, 6.45) is 5.88. The molecule has 4 rings (SSSR count). The molecule has 3 atom stereocenters. The molecule has 0 unspecified atom stereocenters. The van der Waals surface area contributed by atoms with Crippen LogP contribution in [-0.4, -0.2) is 16.8 Å². The minimum absolute atomic E-state index is 0.0270. The summed E-state index contributed by atoms with van der Waals surface area (Å²) in [6, 6.07) is 3.43. The van der Waals surface area contributed by atoms with Crippen LogP contribution < -0.4 is 0 Å². The summed E-state index contributed by atoms with van der Waals surface area (Å²) in [4.78, 5) is 0. The highest BCUT2D eigenvalue weighted by atomic mass is 19.1. The Morgan fingerprint density at radius 1 is 1.18 bits per heavy atom. The molecule has 3 heteroatoms. The number of allylic oxidation sites excluding steroid dienone is 1.